The predicted molar refractivity (Wildman–Crippen MR) is 124 cm³/mol. The van der Waals surface area contributed by atoms with Crippen LogP contribution in [0.2, 0.25) is 0 Å². The number of nitrogens with two attached hydrogens (primary N) is 1. The van der Waals surface area contributed by atoms with Crippen molar-refractivity contribution in [3.05, 3.63) is 70.7 Å². The van der Waals surface area contributed by atoms with E-state index >= 15 is 0 Å². The van der Waals surface area contributed by atoms with Gasteiger partial charge in [0.25, 0.3) is 5.91 Å². The molecule has 0 aliphatic carbocycles. The number of halogens is 1. The molecule has 4 N–H and O–H groups in total. The molecule has 4 aromatic rings. The third-order valence-electron chi connectivity index (χ3n) is 5.50. The van der Waals surface area contributed by atoms with E-state index in [1.54, 1.807) is 29.5 Å². The van der Waals surface area contributed by atoms with Crippen molar-refractivity contribution < 1.29 is 4.79 Å². The number of benzene rings is 1. The molecule has 1 amide bonds. The van der Waals surface area contributed by atoms with Gasteiger partial charge in [-0.15, -0.1) is 0 Å². The lowest BCUT2D eigenvalue weighted by atomic mass is 10.2. The monoisotopic (exact) mass is 479 g/mol. The standard InChI is InChI=1S/C22H22BrN7O/c23-17-9-25-21-19(20(17)29-7-6-16(24)13-29)18(10-26-21)28-22(31)15-8-27-30(12-15)11-14-4-2-1-3-5-14/h1-5,8-10,12,16H,6-7,11,13,24H2,(H,25,26)(H,28,31)/t16-/m1/s1. The van der Waals surface area contributed by atoms with Crippen molar-refractivity contribution in [3.8, 4) is 0 Å². The summed E-state index contributed by atoms with van der Waals surface area (Å²) in [5.41, 5.74) is 10.1. The SMILES string of the molecule is N[C@@H]1CCN(c2c(Br)cnc3[nH]cc(NC(=O)c4cnn(Cc5ccccc5)c4)c23)C1. The van der Waals surface area contributed by atoms with Gasteiger partial charge in [0.2, 0.25) is 0 Å². The molecule has 9 heteroatoms. The third kappa shape index (κ3) is 3.94. The summed E-state index contributed by atoms with van der Waals surface area (Å²) in [6.45, 7) is 2.24. The summed E-state index contributed by atoms with van der Waals surface area (Å²) >= 11 is 3.63. The zero-order valence-electron chi connectivity index (χ0n) is 16.8. The number of hydrogen-bond donors (Lipinski definition) is 3. The Hall–Kier alpha value is -3.17. The van der Waals surface area contributed by atoms with E-state index in [2.05, 4.69) is 41.2 Å². The van der Waals surface area contributed by atoms with Crippen LogP contribution < -0.4 is 16.0 Å². The smallest absolute Gasteiger partial charge is 0.258 e. The number of carbonyl (C=O) groups is 1. The molecule has 1 saturated heterocycles. The van der Waals surface area contributed by atoms with Crippen molar-refractivity contribution in [3.63, 3.8) is 0 Å². The molecule has 0 unspecified atom stereocenters. The second kappa shape index (κ2) is 8.16. The number of fused-ring (bicyclic) bond motifs is 1. The number of nitrogens with zero attached hydrogens (tertiary/aromatic N) is 4. The lowest BCUT2D eigenvalue weighted by molar-refractivity contribution is 0.102. The van der Waals surface area contributed by atoms with E-state index in [-0.39, 0.29) is 11.9 Å². The molecule has 0 saturated carbocycles. The molecule has 1 aliphatic rings. The highest BCUT2D eigenvalue weighted by Crippen LogP contribution is 2.39. The normalized spacial score (nSPS) is 16.2. The number of aromatic amines is 1. The second-order valence-corrected chi connectivity index (χ2v) is 8.60. The molecule has 1 aromatic carbocycles. The minimum absolute atomic E-state index is 0.141. The van der Waals surface area contributed by atoms with Gasteiger partial charge in [0.1, 0.15) is 5.65 Å². The number of pyridine rings is 1. The van der Waals surface area contributed by atoms with Gasteiger partial charge in [0.15, 0.2) is 0 Å². The zero-order chi connectivity index (χ0) is 21.4. The quantitative estimate of drug-likeness (QED) is 0.407. The average Bonchev–Trinajstić information content (AvgIpc) is 3.50. The molecule has 31 heavy (non-hydrogen) atoms. The molecular formula is C22H22BrN7O. The van der Waals surface area contributed by atoms with Crippen molar-refractivity contribution in [2.45, 2.75) is 19.0 Å². The van der Waals surface area contributed by atoms with Gasteiger partial charge in [0, 0.05) is 37.7 Å². The van der Waals surface area contributed by atoms with Gasteiger partial charge in [-0.1, -0.05) is 30.3 Å². The van der Waals surface area contributed by atoms with E-state index in [0.717, 1.165) is 40.6 Å². The molecular weight excluding hydrogens is 458 g/mol. The van der Waals surface area contributed by atoms with Gasteiger partial charge < -0.3 is 20.9 Å². The molecule has 0 spiro atoms. The van der Waals surface area contributed by atoms with Crippen molar-refractivity contribution in [2.24, 2.45) is 5.73 Å². The average molecular weight is 480 g/mol. The lowest BCUT2D eigenvalue weighted by Crippen LogP contribution is -2.26. The number of hydrogen-bond acceptors (Lipinski definition) is 5. The molecule has 1 aliphatic heterocycles. The van der Waals surface area contributed by atoms with Crippen LogP contribution in [0.3, 0.4) is 0 Å². The molecule has 4 heterocycles. The number of rotatable bonds is 5. The van der Waals surface area contributed by atoms with Crippen LogP contribution in [0.25, 0.3) is 11.0 Å². The summed E-state index contributed by atoms with van der Waals surface area (Å²) in [6, 6.07) is 10.2. The molecule has 1 atom stereocenters. The summed E-state index contributed by atoms with van der Waals surface area (Å²) in [4.78, 5) is 22.8. The maximum absolute atomic E-state index is 12.9. The Bertz CT molecular complexity index is 1230. The van der Waals surface area contributed by atoms with Crippen LogP contribution >= 0.6 is 15.9 Å². The highest BCUT2D eigenvalue weighted by atomic mass is 79.9. The summed E-state index contributed by atoms with van der Waals surface area (Å²) in [5, 5.41) is 8.22. The lowest BCUT2D eigenvalue weighted by Gasteiger charge is -2.21. The van der Waals surface area contributed by atoms with Crippen LogP contribution in [-0.4, -0.2) is 44.8 Å². The fraction of sp³-hybridized carbons (Fsp3) is 0.227. The van der Waals surface area contributed by atoms with Crippen LogP contribution in [0.4, 0.5) is 11.4 Å². The fourth-order valence-electron chi connectivity index (χ4n) is 3.99. The van der Waals surface area contributed by atoms with Crippen LogP contribution in [0.5, 0.6) is 0 Å². The molecule has 0 radical (unpaired) electrons. The van der Waals surface area contributed by atoms with Crippen molar-refractivity contribution >= 4 is 44.2 Å². The first-order valence-electron chi connectivity index (χ1n) is 10.1. The first-order chi connectivity index (χ1) is 15.1. The van der Waals surface area contributed by atoms with Crippen LogP contribution in [-0.2, 0) is 6.54 Å². The number of carbonyl (C=O) groups excluding carboxylic acids is 1. The number of aromatic nitrogens is 4. The number of amides is 1. The second-order valence-electron chi connectivity index (χ2n) is 7.74. The van der Waals surface area contributed by atoms with E-state index in [9.17, 15) is 4.79 Å². The maximum Gasteiger partial charge on any atom is 0.258 e. The van der Waals surface area contributed by atoms with Crippen LogP contribution in [0.1, 0.15) is 22.3 Å². The summed E-state index contributed by atoms with van der Waals surface area (Å²) in [6.07, 6.45) is 7.82. The van der Waals surface area contributed by atoms with Crippen molar-refractivity contribution in [1.82, 2.24) is 19.7 Å². The highest BCUT2D eigenvalue weighted by Gasteiger charge is 2.25. The molecule has 158 valence electrons. The Morgan fingerprint density at radius 1 is 1.29 bits per heavy atom. The Morgan fingerprint density at radius 3 is 2.90 bits per heavy atom. The van der Waals surface area contributed by atoms with E-state index < -0.39 is 0 Å². The number of H-pyrrole nitrogens is 1. The van der Waals surface area contributed by atoms with E-state index in [4.69, 9.17) is 5.73 Å². The fourth-order valence-corrected chi connectivity index (χ4v) is 4.54. The number of nitrogens with one attached hydrogen (secondary N) is 2. The largest absolute Gasteiger partial charge is 0.368 e. The Labute approximate surface area is 187 Å². The minimum Gasteiger partial charge on any atom is -0.368 e. The van der Waals surface area contributed by atoms with E-state index in [1.807, 2.05) is 30.3 Å². The summed E-state index contributed by atoms with van der Waals surface area (Å²) in [5.74, 6) is -0.218. The molecule has 5 rings (SSSR count). The maximum atomic E-state index is 12.9. The van der Waals surface area contributed by atoms with Gasteiger partial charge in [-0.25, -0.2) is 4.98 Å². The Morgan fingerprint density at radius 2 is 2.13 bits per heavy atom. The molecule has 3 aromatic heterocycles. The molecule has 1 fully saturated rings. The van der Waals surface area contributed by atoms with Gasteiger partial charge in [0.05, 0.1) is 39.5 Å². The third-order valence-corrected chi connectivity index (χ3v) is 6.08. The van der Waals surface area contributed by atoms with Gasteiger partial charge in [-0.05, 0) is 27.9 Å². The van der Waals surface area contributed by atoms with Gasteiger partial charge in [-0.2, -0.15) is 5.10 Å². The molecule has 0 bridgehead atoms. The van der Waals surface area contributed by atoms with Gasteiger partial charge >= 0.3 is 0 Å². The highest BCUT2D eigenvalue weighted by molar-refractivity contribution is 9.10. The Balaban J connectivity index is 1.41. The van der Waals surface area contributed by atoms with Gasteiger partial charge in [-0.3, -0.25) is 9.48 Å². The van der Waals surface area contributed by atoms with Crippen molar-refractivity contribution in [2.75, 3.05) is 23.3 Å². The predicted octanol–water partition coefficient (Wildman–Crippen LogP) is 3.36. The topological polar surface area (TPSA) is 105 Å². The number of anilines is 2. The minimum atomic E-state index is -0.218. The Kier molecular flexibility index (Phi) is 5.21. The van der Waals surface area contributed by atoms with Crippen LogP contribution in [0, 0.1) is 0 Å². The van der Waals surface area contributed by atoms with Crippen molar-refractivity contribution in [1.29, 1.82) is 0 Å². The van der Waals surface area contributed by atoms with E-state index in [1.165, 1.54) is 0 Å². The zero-order valence-corrected chi connectivity index (χ0v) is 18.3. The first-order valence-corrected chi connectivity index (χ1v) is 10.9. The van der Waals surface area contributed by atoms with Crippen LogP contribution in [0.15, 0.2) is 59.6 Å². The molecule has 8 nitrogen and oxygen atoms in total. The van der Waals surface area contributed by atoms with E-state index in [0.29, 0.717) is 23.4 Å². The first kappa shape index (κ1) is 19.8. The summed E-state index contributed by atoms with van der Waals surface area (Å²) < 4.78 is 2.63. The summed E-state index contributed by atoms with van der Waals surface area (Å²) in [7, 11) is 0.